The van der Waals surface area contributed by atoms with Crippen LogP contribution in [-0.4, -0.2) is 9.97 Å². The van der Waals surface area contributed by atoms with Crippen LogP contribution in [0, 0.1) is 18.3 Å². The van der Waals surface area contributed by atoms with E-state index >= 15 is 0 Å². The number of nitrogens with one attached hydrogen (secondary N) is 1. The number of hydrogen-bond acceptors (Lipinski definition) is 4. The Kier molecular flexibility index (Phi) is 3.57. The lowest BCUT2D eigenvalue weighted by Gasteiger charge is -2.10. The van der Waals surface area contributed by atoms with E-state index in [1.54, 1.807) is 13.0 Å². The highest BCUT2D eigenvalue weighted by atomic mass is 19.4. The van der Waals surface area contributed by atoms with Crippen LogP contribution in [-0.2, 0) is 6.18 Å². The fraction of sp³-hybridized carbons (Fsp3) is 0.154. The molecular formula is C13H9F3N4. The third-order valence-electron chi connectivity index (χ3n) is 2.59. The van der Waals surface area contributed by atoms with Crippen molar-refractivity contribution in [2.24, 2.45) is 0 Å². The molecule has 0 amide bonds. The maximum absolute atomic E-state index is 12.4. The van der Waals surface area contributed by atoms with Gasteiger partial charge in [0.2, 0.25) is 0 Å². The van der Waals surface area contributed by atoms with Crippen LogP contribution < -0.4 is 5.32 Å². The van der Waals surface area contributed by atoms with Crippen LogP contribution in [0.2, 0.25) is 0 Å². The second-order valence-corrected chi connectivity index (χ2v) is 4.02. The molecule has 7 heteroatoms. The molecule has 0 saturated carbocycles. The van der Waals surface area contributed by atoms with Gasteiger partial charge in [0.15, 0.2) is 0 Å². The van der Waals surface area contributed by atoms with Crippen LogP contribution in [0.5, 0.6) is 0 Å². The van der Waals surface area contributed by atoms with Gasteiger partial charge in [-0.3, -0.25) is 0 Å². The Morgan fingerprint density at radius 2 is 1.95 bits per heavy atom. The molecule has 1 N–H and O–H groups in total. The van der Waals surface area contributed by atoms with Crippen molar-refractivity contribution in [3.8, 4) is 6.07 Å². The van der Waals surface area contributed by atoms with Crippen LogP contribution in [0.15, 0.2) is 30.6 Å². The molecule has 0 spiro atoms. The highest BCUT2D eigenvalue weighted by molar-refractivity contribution is 5.63. The minimum absolute atomic E-state index is 0.286. The van der Waals surface area contributed by atoms with Gasteiger partial charge in [-0.25, -0.2) is 9.97 Å². The van der Waals surface area contributed by atoms with Gasteiger partial charge in [0.25, 0.3) is 0 Å². The Bertz CT molecular complexity index is 657. The minimum Gasteiger partial charge on any atom is -0.338 e. The predicted molar refractivity (Wildman–Crippen MR) is 66.2 cm³/mol. The Labute approximate surface area is 112 Å². The summed E-state index contributed by atoms with van der Waals surface area (Å²) in [6.45, 7) is 1.75. The second-order valence-electron chi connectivity index (χ2n) is 4.02. The Balaban J connectivity index is 2.28. The SMILES string of the molecule is Cc1ccnc(Nc2ccc(C(F)(F)F)nc2)c1C#N. The first-order valence-corrected chi connectivity index (χ1v) is 5.58. The van der Waals surface area contributed by atoms with Crippen molar-refractivity contribution in [1.82, 2.24) is 9.97 Å². The summed E-state index contributed by atoms with van der Waals surface area (Å²) in [5.41, 5.74) is 0.422. The minimum atomic E-state index is -4.47. The van der Waals surface area contributed by atoms with E-state index < -0.39 is 11.9 Å². The Hall–Kier alpha value is -2.62. The maximum atomic E-state index is 12.4. The van der Waals surface area contributed by atoms with Gasteiger partial charge >= 0.3 is 6.18 Å². The molecule has 2 rings (SSSR count). The average Bonchev–Trinajstić information content (AvgIpc) is 2.38. The van der Waals surface area contributed by atoms with E-state index in [1.807, 2.05) is 6.07 Å². The van der Waals surface area contributed by atoms with E-state index in [9.17, 15) is 13.2 Å². The summed E-state index contributed by atoms with van der Waals surface area (Å²) in [7, 11) is 0. The topological polar surface area (TPSA) is 61.6 Å². The molecule has 0 aromatic carbocycles. The number of nitrogens with zero attached hydrogens (tertiary/aromatic N) is 3. The van der Waals surface area contributed by atoms with Crippen LogP contribution in [0.4, 0.5) is 24.7 Å². The first kappa shape index (κ1) is 13.8. The average molecular weight is 278 g/mol. The fourth-order valence-corrected chi connectivity index (χ4v) is 1.57. The highest BCUT2D eigenvalue weighted by Gasteiger charge is 2.32. The van der Waals surface area contributed by atoms with E-state index in [4.69, 9.17) is 5.26 Å². The normalized spacial score (nSPS) is 10.9. The number of halogens is 3. The number of aromatic nitrogens is 2. The molecule has 0 saturated heterocycles. The standard InChI is InChI=1S/C13H9F3N4/c1-8-4-5-18-12(10(8)6-17)20-9-2-3-11(19-7-9)13(14,15)16/h2-5,7H,1H3,(H,18,20). The first-order valence-electron chi connectivity index (χ1n) is 5.58. The molecule has 0 aliphatic heterocycles. The maximum Gasteiger partial charge on any atom is 0.433 e. The molecule has 0 radical (unpaired) electrons. The highest BCUT2D eigenvalue weighted by Crippen LogP contribution is 2.28. The lowest BCUT2D eigenvalue weighted by Crippen LogP contribution is -2.08. The molecule has 0 aliphatic rings. The summed E-state index contributed by atoms with van der Waals surface area (Å²) in [5.74, 6) is 0.286. The number of aryl methyl sites for hydroxylation is 1. The summed E-state index contributed by atoms with van der Waals surface area (Å²) in [5, 5.41) is 11.8. The van der Waals surface area contributed by atoms with Crippen molar-refractivity contribution in [2.45, 2.75) is 13.1 Å². The van der Waals surface area contributed by atoms with E-state index in [-0.39, 0.29) is 5.82 Å². The number of rotatable bonds is 2. The smallest absolute Gasteiger partial charge is 0.338 e. The van der Waals surface area contributed by atoms with Crippen LogP contribution in [0.1, 0.15) is 16.8 Å². The van der Waals surface area contributed by atoms with Gasteiger partial charge in [0, 0.05) is 6.20 Å². The summed E-state index contributed by atoms with van der Waals surface area (Å²) in [4.78, 5) is 7.32. The van der Waals surface area contributed by atoms with Crippen LogP contribution in [0.3, 0.4) is 0 Å². The molecular weight excluding hydrogens is 269 g/mol. The van der Waals surface area contributed by atoms with E-state index in [0.717, 1.165) is 17.8 Å². The number of anilines is 2. The van der Waals surface area contributed by atoms with Crippen molar-refractivity contribution >= 4 is 11.5 Å². The van der Waals surface area contributed by atoms with Gasteiger partial charge in [-0.1, -0.05) is 0 Å². The molecule has 0 atom stereocenters. The molecule has 4 nitrogen and oxygen atoms in total. The molecule has 0 unspecified atom stereocenters. The Morgan fingerprint density at radius 1 is 1.20 bits per heavy atom. The van der Waals surface area contributed by atoms with Gasteiger partial charge in [-0.2, -0.15) is 18.4 Å². The summed E-state index contributed by atoms with van der Waals surface area (Å²) in [6.07, 6.45) is -1.91. The molecule has 0 aliphatic carbocycles. The molecule has 2 aromatic heterocycles. The predicted octanol–water partition coefficient (Wildman–Crippen LogP) is 3.42. The lowest BCUT2D eigenvalue weighted by atomic mass is 10.1. The van der Waals surface area contributed by atoms with Crippen LogP contribution >= 0.6 is 0 Å². The molecule has 102 valence electrons. The fourth-order valence-electron chi connectivity index (χ4n) is 1.57. The number of pyridine rings is 2. The number of hydrogen-bond donors (Lipinski definition) is 1. The second kappa shape index (κ2) is 5.17. The Morgan fingerprint density at radius 3 is 2.50 bits per heavy atom. The van der Waals surface area contributed by atoms with Crippen molar-refractivity contribution in [3.63, 3.8) is 0 Å². The molecule has 0 bridgehead atoms. The molecule has 20 heavy (non-hydrogen) atoms. The monoisotopic (exact) mass is 278 g/mol. The van der Waals surface area contributed by atoms with E-state index in [1.165, 1.54) is 12.3 Å². The third-order valence-corrected chi connectivity index (χ3v) is 2.59. The summed E-state index contributed by atoms with van der Waals surface area (Å²) in [6, 6.07) is 5.77. The van der Waals surface area contributed by atoms with Crippen molar-refractivity contribution < 1.29 is 13.2 Å². The summed E-state index contributed by atoms with van der Waals surface area (Å²) >= 11 is 0. The van der Waals surface area contributed by atoms with Gasteiger partial charge in [0.1, 0.15) is 17.6 Å². The van der Waals surface area contributed by atoms with Crippen LogP contribution in [0.25, 0.3) is 0 Å². The molecule has 2 aromatic rings. The third kappa shape index (κ3) is 2.85. The van der Waals surface area contributed by atoms with Crippen molar-refractivity contribution in [1.29, 1.82) is 5.26 Å². The van der Waals surface area contributed by atoms with Gasteiger partial charge in [-0.15, -0.1) is 0 Å². The van der Waals surface area contributed by atoms with Gasteiger partial charge < -0.3 is 5.32 Å². The number of alkyl halides is 3. The van der Waals surface area contributed by atoms with E-state index in [2.05, 4.69) is 15.3 Å². The summed E-state index contributed by atoms with van der Waals surface area (Å²) < 4.78 is 37.1. The zero-order valence-corrected chi connectivity index (χ0v) is 10.4. The van der Waals surface area contributed by atoms with Crippen molar-refractivity contribution in [3.05, 3.63) is 47.4 Å². The first-order chi connectivity index (χ1) is 9.41. The molecule has 2 heterocycles. The quantitative estimate of drug-likeness (QED) is 0.914. The van der Waals surface area contributed by atoms with E-state index in [0.29, 0.717) is 11.3 Å². The van der Waals surface area contributed by atoms with Gasteiger partial charge in [-0.05, 0) is 30.7 Å². The zero-order valence-electron chi connectivity index (χ0n) is 10.4. The molecule has 0 fully saturated rings. The number of nitriles is 1. The largest absolute Gasteiger partial charge is 0.433 e. The zero-order chi connectivity index (χ0) is 14.8. The lowest BCUT2D eigenvalue weighted by molar-refractivity contribution is -0.141. The van der Waals surface area contributed by atoms with Gasteiger partial charge in [0.05, 0.1) is 17.4 Å². The van der Waals surface area contributed by atoms with Crippen molar-refractivity contribution in [2.75, 3.05) is 5.32 Å².